The molecule has 5 nitrogen and oxygen atoms in total. The van der Waals surface area contributed by atoms with Gasteiger partial charge in [-0.1, -0.05) is 11.6 Å². The molecule has 0 unspecified atom stereocenters. The molecule has 2 aromatic rings. The zero-order chi connectivity index (χ0) is 16.2. The number of halogens is 1. The highest BCUT2D eigenvalue weighted by Crippen LogP contribution is 2.31. The molecule has 6 heteroatoms. The highest BCUT2D eigenvalue weighted by atomic mass is 35.5. The number of methoxy groups -OCH3 is 1. The zero-order valence-electron chi connectivity index (χ0n) is 12.3. The van der Waals surface area contributed by atoms with Gasteiger partial charge >= 0.3 is 5.97 Å². The summed E-state index contributed by atoms with van der Waals surface area (Å²) in [6.45, 7) is 0.376. The molecule has 0 aromatic heterocycles. The molecule has 0 saturated carbocycles. The number of hydrogen-bond donors (Lipinski definition) is 1. The van der Waals surface area contributed by atoms with Crippen molar-refractivity contribution in [2.24, 2.45) is 0 Å². The van der Waals surface area contributed by atoms with Crippen LogP contribution in [0.3, 0.4) is 0 Å². The third-order valence-electron chi connectivity index (χ3n) is 3.34. The fourth-order valence-corrected chi connectivity index (χ4v) is 2.27. The Morgan fingerprint density at radius 2 is 2.00 bits per heavy atom. The minimum atomic E-state index is -0.496. The molecule has 0 aliphatic carbocycles. The lowest BCUT2D eigenvalue weighted by Gasteiger charge is -2.19. The number of fused-ring (bicyclic) bond motifs is 1. The van der Waals surface area contributed by atoms with Gasteiger partial charge in [0.05, 0.1) is 18.4 Å². The Bertz CT molecular complexity index is 756. The van der Waals surface area contributed by atoms with Gasteiger partial charge in [-0.15, -0.1) is 0 Å². The molecule has 1 aliphatic heterocycles. The van der Waals surface area contributed by atoms with E-state index in [-0.39, 0.29) is 0 Å². The molecule has 0 fully saturated rings. The first-order valence-corrected chi connectivity index (χ1v) is 7.29. The molecule has 0 saturated heterocycles. The van der Waals surface area contributed by atoms with Crippen molar-refractivity contribution in [2.75, 3.05) is 13.7 Å². The van der Waals surface area contributed by atoms with E-state index < -0.39 is 5.97 Å². The summed E-state index contributed by atoms with van der Waals surface area (Å²) >= 11 is 5.80. The second kappa shape index (κ2) is 6.62. The zero-order valence-corrected chi connectivity index (χ0v) is 13.1. The summed E-state index contributed by atoms with van der Waals surface area (Å²) in [7, 11) is 1.59. The third kappa shape index (κ3) is 3.40. The molecule has 0 radical (unpaired) electrons. The van der Waals surface area contributed by atoms with Gasteiger partial charge in [0.2, 0.25) is 0 Å². The van der Waals surface area contributed by atoms with E-state index in [1.165, 1.54) is 0 Å². The summed E-state index contributed by atoms with van der Waals surface area (Å²) in [5.74, 6) is 0.865. The van der Waals surface area contributed by atoms with Gasteiger partial charge in [-0.05, 0) is 42.5 Å². The van der Waals surface area contributed by atoms with Gasteiger partial charge in [0, 0.05) is 16.7 Å². The molecule has 23 heavy (non-hydrogen) atoms. The maximum absolute atomic E-state index is 12.0. The standard InChI is InChI=1S/C17H14ClNO4/c1-21-13-6-7-14-15(8-9-22-16(14)10-13)19-23-17(20)11-2-4-12(18)5-3-11/h2-8,10,19H,9H2,1H3. The van der Waals surface area contributed by atoms with E-state index >= 15 is 0 Å². The summed E-state index contributed by atoms with van der Waals surface area (Å²) in [5, 5.41) is 0.560. The van der Waals surface area contributed by atoms with Gasteiger partial charge in [0.15, 0.2) is 0 Å². The van der Waals surface area contributed by atoms with Gasteiger partial charge in [0.25, 0.3) is 0 Å². The van der Waals surface area contributed by atoms with Crippen LogP contribution in [0.4, 0.5) is 0 Å². The first-order valence-electron chi connectivity index (χ1n) is 6.91. The second-order valence-corrected chi connectivity index (χ2v) is 5.23. The van der Waals surface area contributed by atoms with Gasteiger partial charge in [0.1, 0.15) is 18.1 Å². The van der Waals surface area contributed by atoms with Gasteiger partial charge in [-0.3, -0.25) is 0 Å². The van der Waals surface area contributed by atoms with Crippen LogP contribution in [0, 0.1) is 0 Å². The Kier molecular flexibility index (Phi) is 4.39. The Balaban J connectivity index is 1.70. The Morgan fingerprint density at radius 3 is 2.74 bits per heavy atom. The molecule has 2 aromatic carbocycles. The number of hydrogen-bond acceptors (Lipinski definition) is 5. The summed E-state index contributed by atoms with van der Waals surface area (Å²) in [5.41, 5.74) is 4.55. The normalized spacial score (nSPS) is 12.5. The van der Waals surface area contributed by atoms with Crippen molar-refractivity contribution in [1.29, 1.82) is 0 Å². The molecule has 1 N–H and O–H groups in total. The van der Waals surface area contributed by atoms with E-state index in [0.717, 1.165) is 5.56 Å². The van der Waals surface area contributed by atoms with Crippen LogP contribution in [-0.2, 0) is 4.84 Å². The van der Waals surface area contributed by atoms with Crippen LogP contribution in [0.1, 0.15) is 15.9 Å². The van der Waals surface area contributed by atoms with Crippen molar-refractivity contribution >= 4 is 23.3 Å². The summed E-state index contributed by atoms with van der Waals surface area (Å²) in [6.07, 6.45) is 1.80. The average molecular weight is 332 g/mol. The summed E-state index contributed by atoms with van der Waals surface area (Å²) in [6, 6.07) is 11.9. The van der Waals surface area contributed by atoms with Crippen LogP contribution in [-0.4, -0.2) is 19.7 Å². The van der Waals surface area contributed by atoms with Gasteiger partial charge in [-0.25, -0.2) is 10.3 Å². The quantitative estimate of drug-likeness (QED) is 0.870. The first kappa shape index (κ1) is 15.2. The highest BCUT2D eigenvalue weighted by molar-refractivity contribution is 6.30. The average Bonchev–Trinajstić information content (AvgIpc) is 2.59. The summed E-state index contributed by atoms with van der Waals surface area (Å²) < 4.78 is 10.7. The maximum Gasteiger partial charge on any atom is 0.362 e. The predicted molar refractivity (Wildman–Crippen MR) is 86.5 cm³/mol. The second-order valence-electron chi connectivity index (χ2n) is 4.79. The topological polar surface area (TPSA) is 56.8 Å². The van der Waals surface area contributed by atoms with Gasteiger partial charge in [-0.2, -0.15) is 0 Å². The predicted octanol–water partition coefficient (Wildman–Crippen LogP) is 3.44. The first-order chi connectivity index (χ1) is 11.2. The van der Waals surface area contributed by atoms with E-state index in [4.69, 9.17) is 25.9 Å². The molecular weight excluding hydrogens is 318 g/mol. The van der Waals surface area contributed by atoms with Crippen molar-refractivity contribution in [1.82, 2.24) is 5.48 Å². The van der Waals surface area contributed by atoms with E-state index in [1.807, 2.05) is 12.1 Å². The molecule has 0 bridgehead atoms. The molecule has 118 valence electrons. The van der Waals surface area contributed by atoms with Gasteiger partial charge < -0.3 is 14.3 Å². The Hall–Kier alpha value is -2.66. The molecule has 0 spiro atoms. The number of ether oxygens (including phenoxy) is 2. The molecule has 1 heterocycles. The number of hydroxylamine groups is 1. The highest BCUT2D eigenvalue weighted by Gasteiger charge is 2.16. The molecule has 3 rings (SSSR count). The lowest BCUT2D eigenvalue weighted by molar-refractivity contribution is 0.0366. The van der Waals surface area contributed by atoms with Crippen molar-refractivity contribution < 1.29 is 19.1 Å². The molecule has 0 amide bonds. The number of nitrogens with one attached hydrogen (secondary N) is 1. The Labute approximate surface area is 138 Å². The van der Waals surface area contributed by atoms with Crippen LogP contribution in [0.25, 0.3) is 5.70 Å². The van der Waals surface area contributed by atoms with Crippen molar-refractivity contribution in [3.05, 3.63) is 64.7 Å². The van der Waals surface area contributed by atoms with E-state index in [2.05, 4.69) is 5.48 Å². The fraction of sp³-hybridized carbons (Fsp3) is 0.118. The van der Waals surface area contributed by atoms with Crippen molar-refractivity contribution in [3.63, 3.8) is 0 Å². The number of benzene rings is 2. The third-order valence-corrected chi connectivity index (χ3v) is 3.59. The van der Waals surface area contributed by atoms with Crippen LogP contribution in [0.15, 0.2) is 48.5 Å². The lowest BCUT2D eigenvalue weighted by atomic mass is 10.1. The van der Waals surface area contributed by atoms with Crippen LogP contribution in [0.2, 0.25) is 5.02 Å². The van der Waals surface area contributed by atoms with E-state index in [9.17, 15) is 4.79 Å². The maximum atomic E-state index is 12.0. The molecule has 0 atom stereocenters. The monoisotopic (exact) mass is 331 g/mol. The van der Waals surface area contributed by atoms with Crippen molar-refractivity contribution in [3.8, 4) is 11.5 Å². The minimum absolute atomic E-state index is 0.376. The largest absolute Gasteiger partial charge is 0.497 e. The molecular formula is C17H14ClNO4. The number of carbonyl (C=O) groups excluding carboxylic acids is 1. The van der Waals surface area contributed by atoms with Crippen LogP contribution >= 0.6 is 11.6 Å². The summed E-state index contributed by atoms with van der Waals surface area (Å²) in [4.78, 5) is 17.1. The Morgan fingerprint density at radius 1 is 1.22 bits per heavy atom. The number of rotatable bonds is 4. The molecule has 1 aliphatic rings. The lowest BCUT2D eigenvalue weighted by Crippen LogP contribution is -2.21. The SMILES string of the molecule is COc1ccc2c(c1)OCC=C2NOC(=O)c1ccc(Cl)cc1. The fourth-order valence-electron chi connectivity index (χ4n) is 2.14. The van der Waals surface area contributed by atoms with Crippen LogP contribution < -0.4 is 15.0 Å². The van der Waals surface area contributed by atoms with E-state index in [1.54, 1.807) is 43.5 Å². The van der Waals surface area contributed by atoms with Crippen LogP contribution in [0.5, 0.6) is 11.5 Å². The van der Waals surface area contributed by atoms with E-state index in [0.29, 0.717) is 34.4 Å². The van der Waals surface area contributed by atoms with Crippen molar-refractivity contribution in [2.45, 2.75) is 0 Å². The smallest absolute Gasteiger partial charge is 0.362 e. The number of carbonyl (C=O) groups is 1. The minimum Gasteiger partial charge on any atom is -0.497 e.